The molecule has 4 bridgehead atoms. The lowest BCUT2D eigenvalue weighted by molar-refractivity contribution is -0.186. The number of phenolic OH excluding ortho intramolecular Hbond substituents is 1. The third kappa shape index (κ3) is 5.05. The van der Waals surface area contributed by atoms with Gasteiger partial charge < -0.3 is 48.7 Å². The van der Waals surface area contributed by atoms with E-state index in [2.05, 4.69) is 15.2 Å². The first kappa shape index (κ1) is 37.6. The topological polar surface area (TPSA) is 185 Å². The van der Waals surface area contributed by atoms with E-state index in [9.17, 15) is 20.1 Å². The first-order valence-corrected chi connectivity index (χ1v) is 20.5. The van der Waals surface area contributed by atoms with E-state index in [1.807, 2.05) is 50.1 Å². The maximum Gasteiger partial charge on any atom is 0.333 e. The Morgan fingerprint density at radius 1 is 1.05 bits per heavy atom. The third-order valence-corrected chi connectivity index (χ3v) is 14.7. The van der Waals surface area contributed by atoms with E-state index < -0.39 is 59.2 Å². The Morgan fingerprint density at radius 2 is 1.84 bits per heavy atom. The van der Waals surface area contributed by atoms with Crippen molar-refractivity contribution in [2.24, 2.45) is 0 Å². The SMILES string of the molecule is COc1ccc2[nH]c3c(c2c1)C[C@@H](CO)N[C@]31CS[C@@H]2c3c(OC(C)=O)c(C)c4c(c3C(COC1=O)N1[C@@H]2[C@H]2c3c(cc(C)c(OC)c3O)C[C@@H]([C@@H]1O)N2C)OCO4. The van der Waals surface area contributed by atoms with Gasteiger partial charge in [0.25, 0.3) is 0 Å². The Labute approximate surface area is 338 Å². The van der Waals surface area contributed by atoms with Crippen LogP contribution in [-0.2, 0) is 32.7 Å². The number of ether oxygens (including phenoxy) is 6. The van der Waals surface area contributed by atoms with Crippen molar-refractivity contribution in [3.05, 3.63) is 68.9 Å². The number of fused-ring (bicyclic) bond motifs is 11. The van der Waals surface area contributed by atoms with Crippen molar-refractivity contribution in [3.63, 3.8) is 0 Å². The van der Waals surface area contributed by atoms with Gasteiger partial charge >= 0.3 is 11.9 Å². The molecule has 2 saturated heterocycles. The summed E-state index contributed by atoms with van der Waals surface area (Å²) < 4.78 is 36.2. The predicted molar refractivity (Wildman–Crippen MR) is 211 cm³/mol. The molecule has 3 aromatic carbocycles. The van der Waals surface area contributed by atoms with Gasteiger partial charge in [-0.25, -0.2) is 4.79 Å². The predicted octanol–water partition coefficient (Wildman–Crippen LogP) is 3.55. The average molecular weight is 815 g/mol. The minimum absolute atomic E-state index is 0.0326. The number of rotatable bonds is 4. The van der Waals surface area contributed by atoms with Crippen molar-refractivity contribution in [1.82, 2.24) is 20.1 Å². The molecule has 11 rings (SSSR count). The van der Waals surface area contributed by atoms with Crippen molar-refractivity contribution in [3.8, 4) is 34.5 Å². The molecule has 0 aliphatic carbocycles. The van der Waals surface area contributed by atoms with Crippen LogP contribution in [0.25, 0.3) is 10.9 Å². The number of aromatic hydroxyl groups is 1. The molecule has 5 N–H and O–H groups in total. The second-order valence-corrected chi connectivity index (χ2v) is 17.3. The molecular formula is C42H46N4O11S. The van der Waals surface area contributed by atoms with E-state index in [-0.39, 0.29) is 31.5 Å². The number of nitrogens with zero attached hydrogens (tertiary/aromatic N) is 2. The maximum atomic E-state index is 15.0. The first-order valence-electron chi connectivity index (χ1n) is 19.5. The fourth-order valence-electron chi connectivity index (χ4n) is 10.8. The Bertz CT molecular complexity index is 2420. The number of likely N-dealkylation sites (N-methyl/N-ethyl adjacent to an activating group) is 1. The van der Waals surface area contributed by atoms with Gasteiger partial charge in [0, 0.05) is 57.9 Å². The minimum atomic E-state index is -1.47. The smallest absolute Gasteiger partial charge is 0.333 e. The molecule has 0 radical (unpaired) electrons. The summed E-state index contributed by atoms with van der Waals surface area (Å²) in [7, 11) is 5.10. The Morgan fingerprint density at radius 3 is 2.59 bits per heavy atom. The Kier molecular flexibility index (Phi) is 8.68. The zero-order chi connectivity index (χ0) is 40.5. The van der Waals surface area contributed by atoms with Crippen LogP contribution in [0.3, 0.4) is 0 Å². The molecule has 15 nitrogen and oxygen atoms in total. The molecule has 0 amide bonds. The normalized spacial score (nSPS) is 29.7. The lowest BCUT2D eigenvalue weighted by Crippen LogP contribution is -2.70. The van der Waals surface area contributed by atoms with Crippen LogP contribution in [0.5, 0.6) is 34.5 Å². The van der Waals surface area contributed by atoms with Crippen LogP contribution < -0.4 is 29.0 Å². The highest BCUT2D eigenvalue weighted by molar-refractivity contribution is 7.99. The molecule has 306 valence electrons. The number of aromatic amines is 1. The number of aromatic nitrogens is 1. The number of hydrogen-bond donors (Lipinski definition) is 5. The number of phenols is 1. The highest BCUT2D eigenvalue weighted by Gasteiger charge is 2.62. The van der Waals surface area contributed by atoms with Crippen LogP contribution in [0.4, 0.5) is 0 Å². The summed E-state index contributed by atoms with van der Waals surface area (Å²) in [5.41, 5.74) is 5.08. The zero-order valence-corrected chi connectivity index (χ0v) is 33.8. The largest absolute Gasteiger partial charge is 0.504 e. The molecule has 7 aliphatic rings. The molecule has 8 atom stereocenters. The first-order chi connectivity index (χ1) is 27.9. The van der Waals surface area contributed by atoms with E-state index in [4.69, 9.17) is 28.4 Å². The van der Waals surface area contributed by atoms with Gasteiger partial charge in [-0.2, -0.15) is 0 Å². The number of carbonyl (C=O) groups is 2. The second kappa shape index (κ2) is 13.4. The van der Waals surface area contributed by atoms with E-state index in [1.54, 1.807) is 7.11 Å². The van der Waals surface area contributed by atoms with Gasteiger partial charge in [-0.1, -0.05) is 6.07 Å². The number of nitrogens with one attached hydrogen (secondary N) is 2. The van der Waals surface area contributed by atoms with Crippen LogP contribution in [0.15, 0.2) is 24.3 Å². The quantitative estimate of drug-likeness (QED) is 0.149. The molecule has 0 saturated carbocycles. The summed E-state index contributed by atoms with van der Waals surface area (Å²) in [5, 5.41) is 39.2. The van der Waals surface area contributed by atoms with Crippen molar-refractivity contribution < 1.29 is 53.3 Å². The van der Waals surface area contributed by atoms with Crippen LogP contribution in [0.2, 0.25) is 0 Å². The number of aliphatic hydroxyl groups excluding tert-OH is 2. The van der Waals surface area contributed by atoms with Gasteiger partial charge in [0.05, 0.1) is 49.9 Å². The number of esters is 2. The number of aliphatic hydroxyl groups is 2. The molecule has 1 unspecified atom stereocenters. The van der Waals surface area contributed by atoms with Crippen molar-refractivity contribution in [2.45, 2.75) is 80.8 Å². The molecule has 4 aromatic rings. The van der Waals surface area contributed by atoms with E-state index in [0.29, 0.717) is 69.5 Å². The molecule has 16 heteroatoms. The van der Waals surface area contributed by atoms with Gasteiger partial charge in [-0.05, 0) is 68.6 Å². The van der Waals surface area contributed by atoms with Crippen LogP contribution in [0, 0.1) is 13.8 Å². The fraction of sp³-hybridized carbons (Fsp3) is 0.476. The fourth-order valence-corrected chi connectivity index (χ4v) is 12.5. The molecular weight excluding hydrogens is 769 g/mol. The van der Waals surface area contributed by atoms with Crippen LogP contribution in [-0.4, -0.2) is 113 Å². The van der Waals surface area contributed by atoms with Crippen molar-refractivity contribution in [1.29, 1.82) is 0 Å². The summed E-state index contributed by atoms with van der Waals surface area (Å²) >= 11 is 1.46. The highest BCUT2D eigenvalue weighted by atomic mass is 32.2. The van der Waals surface area contributed by atoms with Crippen LogP contribution in [0.1, 0.15) is 68.9 Å². The molecule has 7 aliphatic heterocycles. The zero-order valence-electron chi connectivity index (χ0n) is 33.0. The van der Waals surface area contributed by atoms with Gasteiger partial charge in [-0.15, -0.1) is 11.8 Å². The molecule has 1 aromatic heterocycles. The molecule has 8 heterocycles. The number of aryl methyl sites for hydroxylation is 1. The lowest BCUT2D eigenvalue weighted by atomic mass is 9.73. The maximum absolute atomic E-state index is 15.0. The number of benzene rings is 3. The van der Waals surface area contributed by atoms with Gasteiger partial charge in [0.15, 0.2) is 28.5 Å². The van der Waals surface area contributed by atoms with Gasteiger partial charge in [0.2, 0.25) is 6.79 Å². The summed E-state index contributed by atoms with van der Waals surface area (Å²) in [6.07, 6.45) is -0.174. The number of methoxy groups -OCH3 is 2. The van der Waals surface area contributed by atoms with E-state index in [1.165, 1.54) is 25.8 Å². The summed E-state index contributed by atoms with van der Waals surface area (Å²) in [6, 6.07) is 4.91. The number of piperazine rings is 1. The third-order valence-electron chi connectivity index (χ3n) is 13.2. The van der Waals surface area contributed by atoms with Gasteiger partial charge in [-0.3, -0.25) is 19.9 Å². The molecule has 1 spiro atoms. The lowest BCUT2D eigenvalue weighted by Gasteiger charge is -2.62. The summed E-state index contributed by atoms with van der Waals surface area (Å²) in [6.45, 7) is 4.55. The van der Waals surface area contributed by atoms with Gasteiger partial charge in [0.1, 0.15) is 24.3 Å². The van der Waals surface area contributed by atoms with E-state index >= 15 is 4.79 Å². The summed E-state index contributed by atoms with van der Waals surface area (Å²) in [5.74, 6) is 1.28. The Balaban J connectivity index is 1.24. The monoisotopic (exact) mass is 814 g/mol. The van der Waals surface area contributed by atoms with E-state index in [0.717, 1.165) is 27.6 Å². The summed E-state index contributed by atoms with van der Waals surface area (Å²) in [4.78, 5) is 35.7. The number of carbonyl (C=O) groups excluding carboxylic acids is 2. The highest BCUT2D eigenvalue weighted by Crippen LogP contribution is 2.64. The Hall–Kier alpha value is -4.71. The average Bonchev–Trinajstić information content (AvgIpc) is 3.85. The number of hydrogen-bond acceptors (Lipinski definition) is 15. The molecule has 2 fully saturated rings. The second-order valence-electron chi connectivity index (χ2n) is 16.2. The standard InChI is InChI=1S/C42H46N4O11S/c1-17-9-20-10-26-40(50)46-27-14-54-41(51)42(39-24(11-21(13-47)44-42)23-12-22(52-5)7-8-25(23)43-39)15-58-38(32(46)31(45(26)4)28(20)33(49)34(17)53-6)30-29(27)37-36(55-16-56-37)18(2)35(30)57-19(3)48/h7-9,12,21,26-27,31-32,38,40,43-44,47,49-50H,10-11,13-16H2,1-6H3/t21-,26-,27?,31+,32+,38+,40-,42+/m0/s1. The van der Waals surface area contributed by atoms with Crippen molar-refractivity contribution >= 4 is 34.6 Å². The minimum Gasteiger partial charge on any atom is -0.504 e. The molecule has 58 heavy (non-hydrogen) atoms. The number of H-pyrrole nitrogens is 1. The number of thioether (sulfide) groups is 1. The van der Waals surface area contributed by atoms with Crippen LogP contribution >= 0.6 is 11.8 Å². The van der Waals surface area contributed by atoms with Crippen molar-refractivity contribution in [2.75, 3.05) is 47.0 Å².